The van der Waals surface area contributed by atoms with Crippen LogP contribution in [0.15, 0.2) is 28.9 Å². The van der Waals surface area contributed by atoms with E-state index in [4.69, 9.17) is 5.73 Å². The Balaban J connectivity index is 4.03. The minimum Gasteiger partial charge on any atom is -0.390 e. The molecular weight excluding hydrogens is 136 g/mol. The van der Waals surface area contributed by atoms with Crippen LogP contribution in [-0.2, 0) is 0 Å². The minimum absolute atomic E-state index is 1.00. The SMILES string of the molecule is C=CCC/C(C)=C(\C)N=CN. The van der Waals surface area contributed by atoms with E-state index in [1.54, 1.807) is 0 Å². The third-order valence-electron chi connectivity index (χ3n) is 1.61. The molecule has 0 aromatic rings. The highest BCUT2D eigenvalue weighted by Gasteiger charge is 1.92. The van der Waals surface area contributed by atoms with Crippen molar-refractivity contribution in [1.82, 2.24) is 0 Å². The average Bonchev–Trinajstić information content (AvgIpc) is 2.00. The summed E-state index contributed by atoms with van der Waals surface area (Å²) in [5, 5.41) is 0. The predicted molar refractivity (Wildman–Crippen MR) is 50.5 cm³/mol. The van der Waals surface area contributed by atoms with Gasteiger partial charge >= 0.3 is 0 Å². The molecule has 0 bridgehead atoms. The van der Waals surface area contributed by atoms with E-state index in [1.165, 1.54) is 11.9 Å². The Morgan fingerprint density at radius 1 is 1.55 bits per heavy atom. The lowest BCUT2D eigenvalue weighted by atomic mass is 10.1. The number of rotatable bonds is 4. The molecular formula is C9H16N2. The fraction of sp³-hybridized carbons (Fsp3) is 0.444. The molecule has 0 aromatic carbocycles. The molecule has 0 heterocycles. The molecule has 11 heavy (non-hydrogen) atoms. The van der Waals surface area contributed by atoms with Crippen LogP contribution in [0.4, 0.5) is 0 Å². The second-order valence-corrected chi connectivity index (χ2v) is 2.47. The number of hydrogen-bond acceptors (Lipinski definition) is 1. The third kappa shape index (κ3) is 4.37. The summed E-state index contributed by atoms with van der Waals surface area (Å²) in [4.78, 5) is 3.98. The number of allylic oxidation sites excluding steroid dienone is 3. The molecule has 0 saturated carbocycles. The Kier molecular flexibility index (Phi) is 5.17. The highest BCUT2D eigenvalue weighted by molar-refractivity contribution is 5.53. The zero-order valence-corrected chi connectivity index (χ0v) is 7.30. The third-order valence-corrected chi connectivity index (χ3v) is 1.61. The number of nitrogens with zero attached hydrogens (tertiary/aromatic N) is 1. The van der Waals surface area contributed by atoms with Crippen molar-refractivity contribution < 1.29 is 0 Å². The Morgan fingerprint density at radius 2 is 2.18 bits per heavy atom. The zero-order valence-electron chi connectivity index (χ0n) is 7.30. The van der Waals surface area contributed by atoms with Crippen LogP contribution in [0.25, 0.3) is 0 Å². The molecule has 2 N–H and O–H groups in total. The summed E-state index contributed by atoms with van der Waals surface area (Å²) in [7, 11) is 0. The summed E-state index contributed by atoms with van der Waals surface area (Å²) in [5.41, 5.74) is 7.43. The van der Waals surface area contributed by atoms with Crippen LogP contribution in [0.1, 0.15) is 26.7 Å². The highest BCUT2D eigenvalue weighted by Crippen LogP contribution is 2.10. The molecule has 2 heteroatoms. The van der Waals surface area contributed by atoms with Gasteiger partial charge in [-0.15, -0.1) is 6.58 Å². The van der Waals surface area contributed by atoms with Gasteiger partial charge in [-0.05, 0) is 26.7 Å². The maximum Gasteiger partial charge on any atom is 0.0856 e. The van der Waals surface area contributed by atoms with E-state index in [1.807, 2.05) is 13.0 Å². The van der Waals surface area contributed by atoms with Crippen LogP contribution in [0.3, 0.4) is 0 Å². The second-order valence-electron chi connectivity index (χ2n) is 2.47. The van der Waals surface area contributed by atoms with Crippen molar-refractivity contribution in [2.24, 2.45) is 10.7 Å². The van der Waals surface area contributed by atoms with Crippen LogP contribution in [-0.4, -0.2) is 6.34 Å². The minimum atomic E-state index is 1.00. The fourth-order valence-electron chi connectivity index (χ4n) is 0.721. The second kappa shape index (κ2) is 5.71. The Bertz CT molecular complexity index is 178. The van der Waals surface area contributed by atoms with Crippen LogP contribution >= 0.6 is 0 Å². The standard InChI is InChI=1S/C9H16N2/c1-4-5-6-8(2)9(3)11-7-10/h4,7H,1,5-6H2,2-3H3,(H2,10,11)/b9-8+. The lowest BCUT2D eigenvalue weighted by molar-refractivity contribution is 0.950. The summed E-state index contributed by atoms with van der Waals surface area (Å²) in [6.45, 7) is 7.67. The van der Waals surface area contributed by atoms with Gasteiger partial charge in [0.1, 0.15) is 0 Å². The van der Waals surface area contributed by atoms with Gasteiger partial charge in [-0.25, -0.2) is 4.99 Å². The van der Waals surface area contributed by atoms with E-state index >= 15 is 0 Å². The summed E-state index contributed by atoms with van der Waals surface area (Å²) >= 11 is 0. The molecule has 0 aliphatic rings. The van der Waals surface area contributed by atoms with E-state index < -0.39 is 0 Å². The van der Waals surface area contributed by atoms with E-state index in [-0.39, 0.29) is 0 Å². The van der Waals surface area contributed by atoms with Gasteiger partial charge in [-0.2, -0.15) is 0 Å². The molecule has 0 radical (unpaired) electrons. The van der Waals surface area contributed by atoms with E-state index in [9.17, 15) is 0 Å². The monoisotopic (exact) mass is 152 g/mol. The Hall–Kier alpha value is -1.05. The zero-order chi connectivity index (χ0) is 8.69. The molecule has 0 rings (SSSR count). The summed E-state index contributed by atoms with van der Waals surface area (Å²) in [6.07, 6.45) is 5.26. The fourth-order valence-corrected chi connectivity index (χ4v) is 0.721. The van der Waals surface area contributed by atoms with Gasteiger partial charge in [-0.3, -0.25) is 0 Å². The molecule has 0 aliphatic heterocycles. The molecule has 0 spiro atoms. The number of nitrogens with two attached hydrogens (primary N) is 1. The summed E-state index contributed by atoms with van der Waals surface area (Å²) < 4.78 is 0. The first kappa shape index (κ1) is 9.95. The quantitative estimate of drug-likeness (QED) is 0.374. The normalized spacial score (nSPS) is 13.3. The maximum atomic E-state index is 5.15. The van der Waals surface area contributed by atoms with Crippen LogP contribution in [0.2, 0.25) is 0 Å². The van der Waals surface area contributed by atoms with Crippen molar-refractivity contribution in [3.8, 4) is 0 Å². The summed E-state index contributed by atoms with van der Waals surface area (Å²) in [6, 6.07) is 0. The van der Waals surface area contributed by atoms with Crippen LogP contribution in [0.5, 0.6) is 0 Å². The lowest BCUT2D eigenvalue weighted by Crippen LogP contribution is -1.90. The van der Waals surface area contributed by atoms with Crippen molar-refractivity contribution in [1.29, 1.82) is 0 Å². The predicted octanol–water partition coefficient (Wildman–Crippen LogP) is 2.23. The van der Waals surface area contributed by atoms with E-state index in [0.29, 0.717) is 0 Å². The highest BCUT2D eigenvalue weighted by atomic mass is 14.8. The van der Waals surface area contributed by atoms with Gasteiger partial charge in [0, 0.05) is 5.70 Å². The first-order chi connectivity index (χ1) is 5.22. The maximum absolute atomic E-state index is 5.15. The first-order valence-corrected chi connectivity index (χ1v) is 3.74. The topological polar surface area (TPSA) is 38.4 Å². The molecule has 0 aliphatic carbocycles. The van der Waals surface area contributed by atoms with Crippen molar-refractivity contribution in [3.63, 3.8) is 0 Å². The number of hydrogen-bond donors (Lipinski definition) is 1. The van der Waals surface area contributed by atoms with Gasteiger partial charge in [-0.1, -0.05) is 11.6 Å². The molecule has 0 saturated heterocycles. The number of aliphatic imine (C=N–C) groups is 1. The first-order valence-electron chi connectivity index (χ1n) is 3.74. The smallest absolute Gasteiger partial charge is 0.0856 e. The molecule has 0 amide bonds. The van der Waals surface area contributed by atoms with Crippen LogP contribution in [0, 0.1) is 0 Å². The molecule has 0 aromatic heterocycles. The van der Waals surface area contributed by atoms with E-state index in [0.717, 1.165) is 18.5 Å². The van der Waals surface area contributed by atoms with Gasteiger partial charge in [0.2, 0.25) is 0 Å². The van der Waals surface area contributed by atoms with Gasteiger partial charge in [0.25, 0.3) is 0 Å². The van der Waals surface area contributed by atoms with Crippen LogP contribution < -0.4 is 5.73 Å². The lowest BCUT2D eigenvalue weighted by Gasteiger charge is -1.99. The van der Waals surface area contributed by atoms with Crippen molar-refractivity contribution in [2.45, 2.75) is 26.7 Å². The van der Waals surface area contributed by atoms with Crippen molar-refractivity contribution in [3.05, 3.63) is 23.9 Å². The molecule has 0 atom stereocenters. The molecule has 0 unspecified atom stereocenters. The Labute approximate surface area is 68.5 Å². The van der Waals surface area contributed by atoms with Crippen molar-refractivity contribution in [2.75, 3.05) is 0 Å². The van der Waals surface area contributed by atoms with Crippen molar-refractivity contribution >= 4 is 6.34 Å². The largest absolute Gasteiger partial charge is 0.390 e. The molecule has 2 nitrogen and oxygen atoms in total. The molecule has 62 valence electrons. The van der Waals surface area contributed by atoms with E-state index in [2.05, 4.69) is 18.5 Å². The van der Waals surface area contributed by atoms with Gasteiger partial charge in [0.15, 0.2) is 0 Å². The van der Waals surface area contributed by atoms with Gasteiger partial charge in [0.05, 0.1) is 6.34 Å². The summed E-state index contributed by atoms with van der Waals surface area (Å²) in [5.74, 6) is 0. The molecule has 0 fully saturated rings. The average molecular weight is 152 g/mol. The Morgan fingerprint density at radius 3 is 2.64 bits per heavy atom. The van der Waals surface area contributed by atoms with Gasteiger partial charge < -0.3 is 5.73 Å².